The van der Waals surface area contributed by atoms with Crippen molar-refractivity contribution in [1.82, 2.24) is 0 Å². The lowest BCUT2D eigenvalue weighted by atomic mass is 9.93. The van der Waals surface area contributed by atoms with Crippen LogP contribution in [0.15, 0.2) is 0 Å². The first kappa shape index (κ1) is 11.1. The molecule has 1 spiro atoms. The molecule has 0 amide bonds. The van der Waals surface area contributed by atoms with Crippen molar-refractivity contribution in [1.29, 1.82) is 0 Å². The zero-order chi connectivity index (χ0) is 8.82. The van der Waals surface area contributed by atoms with Crippen LogP contribution in [0.5, 0.6) is 0 Å². The van der Waals surface area contributed by atoms with Gasteiger partial charge in [-0.05, 0) is 12.8 Å². The summed E-state index contributed by atoms with van der Waals surface area (Å²) >= 11 is 0. The van der Waals surface area contributed by atoms with Crippen molar-refractivity contribution in [2.24, 2.45) is 17.1 Å². The van der Waals surface area contributed by atoms with Gasteiger partial charge in [0.2, 0.25) is 0 Å². The molecule has 2 fully saturated rings. The molecule has 13 heavy (non-hydrogen) atoms. The van der Waals surface area contributed by atoms with Gasteiger partial charge < -0.3 is 10.5 Å². The fourth-order valence-corrected chi connectivity index (χ4v) is 2.38. The molecule has 1 aliphatic heterocycles. The van der Waals surface area contributed by atoms with Crippen LogP contribution in [0.25, 0.3) is 0 Å². The van der Waals surface area contributed by atoms with E-state index < -0.39 is 17.3 Å². The maximum atomic E-state index is 13.2. The molecule has 0 radical (unpaired) electrons. The Balaban J connectivity index is 0.000000845. The highest BCUT2D eigenvalue weighted by Crippen LogP contribution is 2.70. The van der Waals surface area contributed by atoms with E-state index in [1.165, 1.54) is 0 Å². The molecule has 0 aromatic carbocycles. The van der Waals surface area contributed by atoms with E-state index in [0.29, 0.717) is 26.1 Å². The summed E-state index contributed by atoms with van der Waals surface area (Å²) in [5.41, 5.74) is 4.50. The molecule has 2 rings (SSSR count). The molecule has 2 N–H and O–H groups in total. The molecule has 1 unspecified atom stereocenters. The van der Waals surface area contributed by atoms with E-state index in [-0.39, 0.29) is 19.0 Å². The van der Waals surface area contributed by atoms with E-state index in [4.69, 9.17) is 10.5 Å². The Morgan fingerprint density at radius 1 is 1.31 bits per heavy atom. The summed E-state index contributed by atoms with van der Waals surface area (Å²) in [6.07, 6.45) is 0.948. The molecule has 1 aliphatic carbocycles. The van der Waals surface area contributed by atoms with E-state index in [1.54, 1.807) is 0 Å². The zero-order valence-corrected chi connectivity index (χ0v) is 8.08. The van der Waals surface area contributed by atoms with Crippen molar-refractivity contribution >= 4 is 12.4 Å². The van der Waals surface area contributed by atoms with Crippen LogP contribution in [0.4, 0.5) is 8.78 Å². The number of hydrogen-bond donors (Lipinski definition) is 1. The molecule has 0 aromatic rings. The molecule has 1 heterocycles. The van der Waals surface area contributed by atoms with Crippen molar-refractivity contribution < 1.29 is 13.5 Å². The third-order valence-electron chi connectivity index (χ3n) is 3.31. The topological polar surface area (TPSA) is 35.2 Å². The third kappa shape index (κ3) is 1.27. The van der Waals surface area contributed by atoms with Crippen LogP contribution in [-0.2, 0) is 4.74 Å². The van der Waals surface area contributed by atoms with Crippen LogP contribution in [-0.4, -0.2) is 25.7 Å². The van der Waals surface area contributed by atoms with Gasteiger partial charge in [-0.15, -0.1) is 12.4 Å². The van der Waals surface area contributed by atoms with Crippen LogP contribution in [0, 0.1) is 11.3 Å². The molecule has 1 saturated heterocycles. The van der Waals surface area contributed by atoms with Crippen LogP contribution in [0.1, 0.15) is 12.8 Å². The number of nitrogens with two attached hydrogens (primary N) is 1. The maximum absolute atomic E-state index is 13.2. The molecule has 78 valence electrons. The summed E-state index contributed by atoms with van der Waals surface area (Å²) in [6.45, 7) is 1.03. The van der Waals surface area contributed by atoms with Crippen LogP contribution < -0.4 is 5.73 Å². The van der Waals surface area contributed by atoms with E-state index in [1.807, 2.05) is 0 Å². The quantitative estimate of drug-likeness (QED) is 0.715. The summed E-state index contributed by atoms with van der Waals surface area (Å²) in [5, 5.41) is 0. The number of halogens is 3. The first-order valence-electron chi connectivity index (χ1n) is 4.31. The largest absolute Gasteiger partial charge is 0.381 e. The Morgan fingerprint density at radius 2 is 1.85 bits per heavy atom. The normalized spacial score (nSPS) is 33.9. The predicted octanol–water partition coefficient (Wildman–Crippen LogP) is 1.43. The Morgan fingerprint density at radius 3 is 2.23 bits per heavy atom. The van der Waals surface area contributed by atoms with Crippen LogP contribution >= 0.6 is 12.4 Å². The molecule has 0 bridgehead atoms. The molecule has 2 aliphatic rings. The Kier molecular flexibility index (Phi) is 2.86. The molecular formula is C8H14ClF2NO. The summed E-state index contributed by atoms with van der Waals surface area (Å²) in [7, 11) is 0. The van der Waals surface area contributed by atoms with Crippen molar-refractivity contribution in [3.8, 4) is 0 Å². The lowest BCUT2D eigenvalue weighted by Gasteiger charge is -2.22. The van der Waals surface area contributed by atoms with Crippen molar-refractivity contribution in [2.75, 3.05) is 19.8 Å². The molecule has 1 saturated carbocycles. The molecule has 1 atom stereocenters. The molecule has 5 heteroatoms. The monoisotopic (exact) mass is 213 g/mol. The van der Waals surface area contributed by atoms with Gasteiger partial charge >= 0.3 is 0 Å². The average molecular weight is 214 g/mol. The highest BCUT2D eigenvalue weighted by molar-refractivity contribution is 5.85. The fraction of sp³-hybridized carbons (Fsp3) is 1.00. The van der Waals surface area contributed by atoms with E-state index in [2.05, 4.69) is 0 Å². The minimum Gasteiger partial charge on any atom is -0.381 e. The molecular weight excluding hydrogens is 200 g/mol. The number of alkyl halides is 2. The van der Waals surface area contributed by atoms with Gasteiger partial charge in [0, 0.05) is 31.1 Å². The summed E-state index contributed by atoms with van der Waals surface area (Å²) in [6, 6.07) is 0. The SMILES string of the molecule is Cl.NCC1C(F)(F)C12CCOCC2. The highest BCUT2D eigenvalue weighted by atomic mass is 35.5. The van der Waals surface area contributed by atoms with Gasteiger partial charge in [0.1, 0.15) is 0 Å². The van der Waals surface area contributed by atoms with Gasteiger partial charge in [-0.3, -0.25) is 0 Å². The van der Waals surface area contributed by atoms with Gasteiger partial charge in [0.05, 0.1) is 0 Å². The van der Waals surface area contributed by atoms with Gasteiger partial charge in [-0.25, -0.2) is 8.78 Å². The summed E-state index contributed by atoms with van der Waals surface area (Å²) < 4.78 is 31.5. The van der Waals surface area contributed by atoms with Gasteiger partial charge in [-0.1, -0.05) is 0 Å². The van der Waals surface area contributed by atoms with E-state index in [9.17, 15) is 8.78 Å². The average Bonchev–Trinajstić information content (AvgIpc) is 2.49. The van der Waals surface area contributed by atoms with Crippen LogP contribution in [0.3, 0.4) is 0 Å². The smallest absolute Gasteiger partial charge is 0.259 e. The van der Waals surface area contributed by atoms with Gasteiger partial charge in [0.25, 0.3) is 5.92 Å². The second kappa shape index (κ2) is 3.33. The van der Waals surface area contributed by atoms with Gasteiger partial charge in [0.15, 0.2) is 0 Å². The zero-order valence-electron chi connectivity index (χ0n) is 7.26. The number of rotatable bonds is 1. The first-order valence-corrected chi connectivity index (χ1v) is 4.31. The fourth-order valence-electron chi connectivity index (χ4n) is 2.38. The maximum Gasteiger partial charge on any atom is 0.259 e. The van der Waals surface area contributed by atoms with E-state index >= 15 is 0 Å². The standard InChI is InChI=1S/C8H13F2NO.ClH/c9-8(10)6(5-11)7(8)1-3-12-4-2-7;/h6H,1-5,11H2;1H. The van der Waals surface area contributed by atoms with Gasteiger partial charge in [-0.2, -0.15) is 0 Å². The lowest BCUT2D eigenvalue weighted by molar-refractivity contribution is -0.00827. The third-order valence-corrected chi connectivity index (χ3v) is 3.31. The minimum atomic E-state index is -2.52. The lowest BCUT2D eigenvalue weighted by Crippen LogP contribution is -2.23. The van der Waals surface area contributed by atoms with Crippen molar-refractivity contribution in [3.63, 3.8) is 0 Å². The van der Waals surface area contributed by atoms with Crippen molar-refractivity contribution in [2.45, 2.75) is 18.8 Å². The Hall–Kier alpha value is 0.0700. The minimum absolute atomic E-state index is 0. The number of ether oxygens (including phenoxy) is 1. The Bertz CT molecular complexity index is 195. The summed E-state index contributed by atoms with van der Waals surface area (Å²) in [4.78, 5) is 0. The predicted molar refractivity (Wildman–Crippen MR) is 47.2 cm³/mol. The highest BCUT2D eigenvalue weighted by Gasteiger charge is 2.78. The number of hydrogen-bond acceptors (Lipinski definition) is 2. The second-order valence-electron chi connectivity index (χ2n) is 3.68. The van der Waals surface area contributed by atoms with E-state index in [0.717, 1.165) is 0 Å². The van der Waals surface area contributed by atoms with Crippen LogP contribution in [0.2, 0.25) is 0 Å². The van der Waals surface area contributed by atoms with Crippen molar-refractivity contribution in [3.05, 3.63) is 0 Å². The first-order chi connectivity index (χ1) is 5.65. The Labute approximate surface area is 82.2 Å². The second-order valence-corrected chi connectivity index (χ2v) is 3.68. The summed E-state index contributed by atoms with van der Waals surface area (Å²) in [5.74, 6) is -3.11. The molecule has 0 aromatic heterocycles. The molecule has 2 nitrogen and oxygen atoms in total.